The summed E-state index contributed by atoms with van der Waals surface area (Å²) in [6.07, 6.45) is 9.40. The molecule has 0 saturated heterocycles. The Balaban J connectivity index is 1.49. The van der Waals surface area contributed by atoms with Gasteiger partial charge in [-0.15, -0.1) is 0 Å². The summed E-state index contributed by atoms with van der Waals surface area (Å²) in [6, 6.07) is 4.13. The number of nitrogens with zero attached hydrogens (tertiary/aromatic N) is 1. The lowest BCUT2D eigenvalue weighted by Gasteiger charge is -2.64. The maximum atomic E-state index is 15.5. The van der Waals surface area contributed by atoms with E-state index in [2.05, 4.69) is 31.0 Å². The van der Waals surface area contributed by atoms with Gasteiger partial charge in [0.05, 0.1) is 6.10 Å². The van der Waals surface area contributed by atoms with Crippen LogP contribution in [0.5, 0.6) is 0 Å². The van der Waals surface area contributed by atoms with Gasteiger partial charge in [-0.25, -0.2) is 4.39 Å². The van der Waals surface area contributed by atoms with Crippen LogP contribution in [0.25, 0.3) is 5.57 Å². The van der Waals surface area contributed by atoms with Crippen molar-refractivity contribution < 1.29 is 14.6 Å². The summed E-state index contributed by atoms with van der Waals surface area (Å²) in [5, 5.41) is 21.6. The van der Waals surface area contributed by atoms with Crippen molar-refractivity contribution in [3.63, 3.8) is 0 Å². The molecule has 0 aromatic carbocycles. The summed E-state index contributed by atoms with van der Waals surface area (Å²) in [4.78, 5) is 4.32. The fourth-order valence-corrected chi connectivity index (χ4v) is 7.75. The smallest absolute Gasteiger partial charge is 0.130 e. The van der Waals surface area contributed by atoms with Gasteiger partial charge in [0.15, 0.2) is 0 Å². The van der Waals surface area contributed by atoms with Crippen LogP contribution in [0.4, 0.5) is 4.39 Å². The Morgan fingerprint density at radius 1 is 1.18 bits per heavy atom. The topological polar surface area (TPSA) is 53.4 Å². The van der Waals surface area contributed by atoms with E-state index in [9.17, 15) is 10.2 Å². The van der Waals surface area contributed by atoms with Gasteiger partial charge in [-0.2, -0.15) is 0 Å². The second kappa shape index (κ2) is 6.12. The summed E-state index contributed by atoms with van der Waals surface area (Å²) >= 11 is 0. The van der Waals surface area contributed by atoms with Crippen molar-refractivity contribution >= 4 is 5.57 Å². The highest BCUT2D eigenvalue weighted by Gasteiger charge is 2.67. The highest BCUT2D eigenvalue weighted by molar-refractivity contribution is 5.72. The van der Waals surface area contributed by atoms with Crippen molar-refractivity contribution in [2.45, 2.75) is 76.7 Å². The minimum atomic E-state index is -1.38. The fraction of sp³-hybridized carbons (Fsp3) is 0.708. The average molecular weight is 386 g/mol. The van der Waals surface area contributed by atoms with E-state index >= 15 is 4.39 Å². The van der Waals surface area contributed by atoms with Gasteiger partial charge in [-0.3, -0.25) is 4.98 Å². The third-order valence-corrected chi connectivity index (χ3v) is 9.34. The molecular formula is C24H32FNO2. The SMILES string of the molecule is CC12CCC3C(CC(F)C4(O)CC(O)CCC34C)C1CC=C2c1cccnc1. The number of alkyl halides is 1. The second-order valence-corrected chi connectivity index (χ2v) is 10.4. The van der Waals surface area contributed by atoms with Crippen LogP contribution in [-0.4, -0.2) is 33.1 Å². The Bertz CT molecular complexity index is 797. The number of aromatic nitrogens is 1. The van der Waals surface area contributed by atoms with E-state index in [1.807, 2.05) is 18.5 Å². The van der Waals surface area contributed by atoms with Gasteiger partial charge in [0, 0.05) is 24.2 Å². The Hall–Kier alpha value is -1.26. The minimum absolute atomic E-state index is 0.0594. The number of allylic oxidation sites excluding steroid dienone is 2. The van der Waals surface area contributed by atoms with Crippen LogP contribution in [0, 0.1) is 28.6 Å². The minimum Gasteiger partial charge on any atom is -0.393 e. The predicted octanol–water partition coefficient (Wildman–Crippen LogP) is 4.54. The van der Waals surface area contributed by atoms with E-state index in [0.717, 1.165) is 25.7 Å². The molecule has 1 heterocycles. The predicted molar refractivity (Wildman–Crippen MR) is 107 cm³/mol. The van der Waals surface area contributed by atoms with Crippen LogP contribution >= 0.6 is 0 Å². The molecule has 0 spiro atoms. The molecule has 0 bridgehead atoms. The number of hydrogen-bond acceptors (Lipinski definition) is 3. The van der Waals surface area contributed by atoms with E-state index in [4.69, 9.17) is 0 Å². The molecule has 152 valence electrons. The van der Waals surface area contributed by atoms with E-state index in [0.29, 0.717) is 30.6 Å². The summed E-state index contributed by atoms with van der Waals surface area (Å²) in [7, 11) is 0. The van der Waals surface area contributed by atoms with Gasteiger partial charge in [-0.1, -0.05) is 26.0 Å². The zero-order chi connectivity index (χ0) is 19.7. The van der Waals surface area contributed by atoms with Gasteiger partial charge < -0.3 is 10.2 Å². The van der Waals surface area contributed by atoms with Crippen molar-refractivity contribution in [1.29, 1.82) is 0 Å². The van der Waals surface area contributed by atoms with Crippen molar-refractivity contribution in [2.75, 3.05) is 0 Å². The molecule has 2 N–H and O–H groups in total. The number of aliphatic hydroxyl groups excluding tert-OH is 1. The van der Waals surface area contributed by atoms with Gasteiger partial charge in [0.2, 0.25) is 0 Å². The standard InChI is InChI=1S/C24H32FNO2/c1-22-9-8-20-17(19(22)6-5-18(22)15-4-3-11-26-14-15)12-21(25)24(28)13-16(27)7-10-23(20,24)2/h3-5,11,14,16-17,19-21,27-28H,6-10,12-13H2,1-2H3. The van der Waals surface area contributed by atoms with Crippen molar-refractivity contribution in [2.24, 2.45) is 28.6 Å². The van der Waals surface area contributed by atoms with Gasteiger partial charge >= 0.3 is 0 Å². The number of aliphatic hydroxyl groups is 2. The zero-order valence-electron chi connectivity index (χ0n) is 16.9. The van der Waals surface area contributed by atoms with Crippen LogP contribution in [0.2, 0.25) is 0 Å². The molecule has 0 aliphatic heterocycles. The lowest BCUT2D eigenvalue weighted by atomic mass is 9.42. The molecule has 3 fully saturated rings. The lowest BCUT2D eigenvalue weighted by Crippen LogP contribution is -2.67. The Kier molecular flexibility index (Phi) is 4.10. The molecule has 1 aromatic heterocycles. The third kappa shape index (κ3) is 2.31. The van der Waals surface area contributed by atoms with Crippen LogP contribution in [0.3, 0.4) is 0 Å². The second-order valence-electron chi connectivity index (χ2n) is 10.4. The van der Waals surface area contributed by atoms with Gasteiger partial charge in [-0.05, 0) is 78.9 Å². The number of fused-ring (bicyclic) bond motifs is 5. The Labute approximate surface area is 167 Å². The molecule has 28 heavy (non-hydrogen) atoms. The summed E-state index contributed by atoms with van der Waals surface area (Å²) in [5.41, 5.74) is 0.820. The largest absolute Gasteiger partial charge is 0.393 e. The molecule has 4 aliphatic carbocycles. The molecular weight excluding hydrogens is 353 g/mol. The molecule has 3 nitrogen and oxygen atoms in total. The molecule has 1 aromatic rings. The summed E-state index contributed by atoms with van der Waals surface area (Å²) < 4.78 is 15.5. The number of halogens is 1. The maximum absolute atomic E-state index is 15.5. The number of pyridine rings is 1. The normalized spacial score (nSPS) is 50.3. The van der Waals surface area contributed by atoms with Gasteiger partial charge in [0.1, 0.15) is 11.8 Å². The van der Waals surface area contributed by atoms with Crippen LogP contribution < -0.4 is 0 Å². The molecule has 3 saturated carbocycles. The summed E-state index contributed by atoms with van der Waals surface area (Å²) in [6.45, 7) is 4.47. The van der Waals surface area contributed by atoms with Crippen molar-refractivity contribution in [1.82, 2.24) is 4.98 Å². The Morgan fingerprint density at radius 2 is 2.00 bits per heavy atom. The number of rotatable bonds is 1. The van der Waals surface area contributed by atoms with E-state index < -0.39 is 23.3 Å². The fourth-order valence-electron chi connectivity index (χ4n) is 7.75. The molecule has 8 unspecified atom stereocenters. The first kappa shape index (κ1) is 18.7. The highest BCUT2D eigenvalue weighted by atomic mass is 19.1. The summed E-state index contributed by atoms with van der Waals surface area (Å²) in [5.74, 6) is 1.05. The van der Waals surface area contributed by atoms with Crippen LogP contribution in [-0.2, 0) is 0 Å². The quantitative estimate of drug-likeness (QED) is 0.746. The first-order valence-corrected chi connectivity index (χ1v) is 11.0. The molecule has 5 rings (SSSR count). The van der Waals surface area contributed by atoms with Crippen molar-refractivity contribution in [3.05, 3.63) is 36.2 Å². The monoisotopic (exact) mass is 385 g/mol. The third-order valence-electron chi connectivity index (χ3n) is 9.34. The van der Waals surface area contributed by atoms with Crippen molar-refractivity contribution in [3.8, 4) is 0 Å². The average Bonchev–Trinajstić information content (AvgIpc) is 3.03. The van der Waals surface area contributed by atoms with E-state index in [1.165, 1.54) is 11.1 Å². The molecule has 0 radical (unpaired) electrons. The van der Waals surface area contributed by atoms with E-state index in [1.54, 1.807) is 0 Å². The van der Waals surface area contributed by atoms with Crippen LogP contribution in [0.15, 0.2) is 30.6 Å². The molecule has 4 heteroatoms. The molecule has 8 atom stereocenters. The lowest BCUT2D eigenvalue weighted by molar-refractivity contribution is -0.246. The van der Waals surface area contributed by atoms with Gasteiger partial charge in [0.25, 0.3) is 0 Å². The number of hydrogen-bond donors (Lipinski definition) is 2. The molecule has 4 aliphatic rings. The molecule has 0 amide bonds. The van der Waals surface area contributed by atoms with E-state index in [-0.39, 0.29) is 11.8 Å². The first-order chi connectivity index (χ1) is 13.3. The van der Waals surface area contributed by atoms with Crippen LogP contribution in [0.1, 0.15) is 64.4 Å². The first-order valence-electron chi connectivity index (χ1n) is 11.0. The maximum Gasteiger partial charge on any atom is 0.130 e. The zero-order valence-corrected chi connectivity index (χ0v) is 16.9. The Morgan fingerprint density at radius 3 is 2.75 bits per heavy atom. The highest BCUT2D eigenvalue weighted by Crippen LogP contribution is 2.68.